The lowest BCUT2D eigenvalue weighted by atomic mass is 10.1. The van der Waals surface area contributed by atoms with E-state index in [0.29, 0.717) is 18.7 Å². The molecular formula is C19H20BrN5O4S3. The van der Waals surface area contributed by atoms with Crippen molar-refractivity contribution in [2.75, 3.05) is 6.54 Å². The highest BCUT2D eigenvalue weighted by Gasteiger charge is 2.30. The normalized spacial score (nSPS) is 18.5. The summed E-state index contributed by atoms with van der Waals surface area (Å²) in [6, 6.07) is 9.97. The highest BCUT2D eigenvalue weighted by molar-refractivity contribution is 9.11. The second-order valence-corrected chi connectivity index (χ2v) is 12.0. The Morgan fingerprint density at radius 1 is 1.28 bits per heavy atom. The van der Waals surface area contributed by atoms with Crippen LogP contribution in [0.2, 0.25) is 0 Å². The van der Waals surface area contributed by atoms with Gasteiger partial charge in [-0.2, -0.15) is 5.10 Å². The Bertz CT molecular complexity index is 1180. The van der Waals surface area contributed by atoms with Gasteiger partial charge in [0.1, 0.15) is 0 Å². The van der Waals surface area contributed by atoms with Gasteiger partial charge in [0.25, 0.3) is 0 Å². The molecule has 0 saturated carbocycles. The second-order valence-electron chi connectivity index (χ2n) is 6.78. The molecule has 4 N–H and O–H groups in total. The van der Waals surface area contributed by atoms with Gasteiger partial charge in [0.2, 0.25) is 21.8 Å². The third kappa shape index (κ3) is 6.97. The maximum Gasteiger partial charge on any atom is 0.238 e. The van der Waals surface area contributed by atoms with E-state index in [1.165, 1.54) is 23.5 Å². The zero-order valence-electron chi connectivity index (χ0n) is 16.9. The van der Waals surface area contributed by atoms with Gasteiger partial charge >= 0.3 is 0 Å². The average Bonchev–Trinajstić information content (AvgIpc) is 3.17. The van der Waals surface area contributed by atoms with Crippen molar-refractivity contribution in [3.05, 3.63) is 50.6 Å². The van der Waals surface area contributed by atoms with Crippen LogP contribution in [0.5, 0.6) is 0 Å². The van der Waals surface area contributed by atoms with Crippen molar-refractivity contribution < 1.29 is 18.0 Å². The lowest BCUT2D eigenvalue weighted by Gasteiger charge is -2.21. The molecule has 0 bridgehead atoms. The molecule has 2 heterocycles. The van der Waals surface area contributed by atoms with Gasteiger partial charge in [-0.15, -0.1) is 16.4 Å². The molecule has 170 valence electrons. The molecule has 1 aliphatic heterocycles. The molecule has 1 unspecified atom stereocenters. The highest BCUT2D eigenvalue weighted by atomic mass is 79.9. The maximum atomic E-state index is 12.5. The van der Waals surface area contributed by atoms with Crippen LogP contribution < -0.4 is 15.8 Å². The van der Waals surface area contributed by atoms with Crippen molar-refractivity contribution in [3.8, 4) is 0 Å². The van der Waals surface area contributed by atoms with Crippen molar-refractivity contribution >= 4 is 71.7 Å². The third-order valence-corrected chi connectivity index (χ3v) is 8.08. The van der Waals surface area contributed by atoms with Gasteiger partial charge in [-0.1, -0.05) is 23.9 Å². The van der Waals surface area contributed by atoms with Gasteiger partial charge in [0.05, 0.1) is 24.5 Å². The first-order chi connectivity index (χ1) is 15.1. The minimum Gasteiger partial charge on any atom is -0.355 e. The summed E-state index contributed by atoms with van der Waals surface area (Å²) in [4.78, 5) is 25.5. The topological polar surface area (TPSA) is 143 Å². The van der Waals surface area contributed by atoms with Crippen LogP contribution in [0.3, 0.4) is 0 Å². The number of nitrogens with zero attached hydrogens (tertiary/aromatic N) is 2. The third-order valence-electron chi connectivity index (χ3n) is 4.35. The van der Waals surface area contributed by atoms with Crippen molar-refractivity contribution in [2.24, 2.45) is 15.3 Å². The SMILES string of the molecule is C/C(=N/N=C1\NC(=O)CC(C(=O)NCCc2ccc(S(N)(=O)=O)cc2)S1)c1ccc(Br)s1. The van der Waals surface area contributed by atoms with Crippen LogP contribution >= 0.6 is 39.0 Å². The number of primary sulfonamides is 1. The lowest BCUT2D eigenvalue weighted by molar-refractivity contribution is -0.125. The predicted molar refractivity (Wildman–Crippen MR) is 130 cm³/mol. The van der Waals surface area contributed by atoms with Crippen molar-refractivity contribution in [1.29, 1.82) is 0 Å². The number of halogens is 1. The standard InChI is InChI=1S/C19H20BrN5O4S3/c1-11(14-6-7-16(20)30-14)24-25-19-23-17(26)10-15(31-19)18(27)22-9-8-12-2-4-13(5-3-12)32(21,28)29/h2-7,15H,8-10H2,1H3,(H,22,27)(H2,21,28,29)(H,23,25,26)/b24-11-. The highest BCUT2D eigenvalue weighted by Crippen LogP contribution is 2.24. The van der Waals surface area contributed by atoms with E-state index in [4.69, 9.17) is 5.14 Å². The number of thiophene rings is 1. The van der Waals surface area contributed by atoms with Crippen LogP contribution in [0.15, 0.2) is 55.3 Å². The number of nitrogens with two attached hydrogens (primary N) is 1. The molecule has 1 saturated heterocycles. The molecule has 1 fully saturated rings. The molecule has 1 atom stereocenters. The molecule has 0 spiro atoms. The predicted octanol–water partition coefficient (Wildman–Crippen LogP) is 2.22. The van der Waals surface area contributed by atoms with Crippen LogP contribution in [-0.4, -0.2) is 42.9 Å². The molecule has 0 aliphatic carbocycles. The van der Waals surface area contributed by atoms with E-state index in [-0.39, 0.29) is 28.3 Å². The maximum absolute atomic E-state index is 12.5. The van der Waals surface area contributed by atoms with Crippen LogP contribution in [0.4, 0.5) is 0 Å². The van der Waals surface area contributed by atoms with Gasteiger partial charge in [-0.3, -0.25) is 9.59 Å². The van der Waals surface area contributed by atoms with Crippen molar-refractivity contribution in [3.63, 3.8) is 0 Å². The van der Waals surface area contributed by atoms with Gasteiger partial charge in [-0.05, 0) is 59.1 Å². The second kappa shape index (κ2) is 10.7. The van der Waals surface area contributed by atoms with Crippen LogP contribution in [0, 0.1) is 0 Å². The van der Waals surface area contributed by atoms with E-state index >= 15 is 0 Å². The van der Waals surface area contributed by atoms with Crippen molar-refractivity contribution in [2.45, 2.75) is 29.9 Å². The summed E-state index contributed by atoms with van der Waals surface area (Å²) in [7, 11) is -3.74. The minimum atomic E-state index is -3.74. The summed E-state index contributed by atoms with van der Waals surface area (Å²) >= 11 is 6.07. The quantitative estimate of drug-likeness (QED) is 0.353. The summed E-state index contributed by atoms with van der Waals surface area (Å²) in [5, 5.41) is 18.4. The first-order valence-corrected chi connectivity index (χ1v) is 13.4. The van der Waals surface area contributed by atoms with E-state index in [2.05, 4.69) is 36.8 Å². The van der Waals surface area contributed by atoms with Crippen molar-refractivity contribution in [1.82, 2.24) is 10.6 Å². The number of hydrogen-bond acceptors (Lipinski definition) is 8. The van der Waals surface area contributed by atoms with E-state index in [9.17, 15) is 18.0 Å². The fourth-order valence-electron chi connectivity index (χ4n) is 2.71. The van der Waals surface area contributed by atoms with Gasteiger partial charge in [0.15, 0.2) is 5.17 Å². The molecule has 1 aromatic carbocycles. The lowest BCUT2D eigenvalue weighted by Crippen LogP contribution is -2.44. The van der Waals surface area contributed by atoms with E-state index in [0.717, 1.165) is 26.0 Å². The van der Waals surface area contributed by atoms with Gasteiger partial charge in [-0.25, -0.2) is 13.6 Å². The molecular weight excluding hydrogens is 538 g/mol. The monoisotopic (exact) mass is 557 g/mol. The zero-order chi connectivity index (χ0) is 23.3. The van der Waals surface area contributed by atoms with E-state index in [1.54, 1.807) is 12.1 Å². The Morgan fingerprint density at radius 2 is 2.00 bits per heavy atom. The molecule has 32 heavy (non-hydrogen) atoms. The number of amides is 2. The zero-order valence-corrected chi connectivity index (χ0v) is 20.9. The molecule has 0 radical (unpaired) electrons. The first-order valence-electron chi connectivity index (χ1n) is 9.36. The van der Waals surface area contributed by atoms with E-state index < -0.39 is 15.3 Å². The molecule has 9 nitrogen and oxygen atoms in total. The first kappa shape index (κ1) is 24.6. The van der Waals surface area contributed by atoms with Gasteiger partial charge in [0, 0.05) is 13.0 Å². The Hall–Kier alpha value is -2.06. The number of benzene rings is 1. The Balaban J connectivity index is 1.55. The Labute approximate surface area is 202 Å². The number of hydrogen-bond donors (Lipinski definition) is 3. The summed E-state index contributed by atoms with van der Waals surface area (Å²) in [5.41, 5.74) is 1.54. The van der Waals surface area contributed by atoms with Crippen LogP contribution in [0.25, 0.3) is 0 Å². The summed E-state index contributed by atoms with van der Waals surface area (Å²) in [6.07, 6.45) is 0.542. The molecule has 13 heteroatoms. The summed E-state index contributed by atoms with van der Waals surface area (Å²) in [5.74, 6) is -0.574. The minimum absolute atomic E-state index is 0.0336. The number of carbonyl (C=O) groups excluding carboxylic acids is 2. The fraction of sp³-hybridized carbons (Fsp3) is 0.263. The largest absolute Gasteiger partial charge is 0.355 e. The molecule has 1 aromatic heterocycles. The van der Waals surface area contributed by atoms with Gasteiger partial charge < -0.3 is 10.6 Å². The number of amidine groups is 1. The van der Waals surface area contributed by atoms with Crippen LogP contribution in [0.1, 0.15) is 23.8 Å². The number of sulfonamides is 1. The number of carbonyl (C=O) groups is 2. The van der Waals surface area contributed by atoms with Crippen LogP contribution in [-0.2, 0) is 26.0 Å². The van der Waals surface area contributed by atoms with E-state index in [1.807, 2.05) is 19.1 Å². The Kier molecular flexibility index (Phi) is 8.22. The average molecular weight is 559 g/mol. The summed E-state index contributed by atoms with van der Waals surface area (Å²) < 4.78 is 23.6. The molecule has 2 amide bonds. The summed E-state index contributed by atoms with van der Waals surface area (Å²) in [6.45, 7) is 2.15. The fourth-order valence-corrected chi connectivity index (χ4v) is 5.50. The number of thioether (sulfide) groups is 1. The number of rotatable bonds is 7. The molecule has 2 aromatic rings. The molecule has 1 aliphatic rings. The smallest absolute Gasteiger partial charge is 0.238 e. The Morgan fingerprint density at radius 3 is 2.62 bits per heavy atom. The number of nitrogens with one attached hydrogen (secondary N) is 2. The molecule has 3 rings (SSSR count).